The molecule has 0 saturated heterocycles. The summed E-state index contributed by atoms with van der Waals surface area (Å²) in [5, 5.41) is 2.94. The summed E-state index contributed by atoms with van der Waals surface area (Å²) in [6.45, 7) is 4.87. The van der Waals surface area contributed by atoms with Crippen LogP contribution >= 0.6 is 0 Å². The summed E-state index contributed by atoms with van der Waals surface area (Å²) in [4.78, 5) is 13.8. The van der Waals surface area contributed by atoms with Crippen molar-refractivity contribution in [3.8, 4) is 0 Å². The molecule has 1 N–H and O–H groups in total. The lowest BCUT2D eigenvalue weighted by Crippen LogP contribution is -2.43. The molecule has 0 bridgehead atoms. The van der Waals surface area contributed by atoms with Crippen molar-refractivity contribution in [2.24, 2.45) is 0 Å². The van der Waals surface area contributed by atoms with E-state index in [1.165, 1.54) is 11.1 Å². The zero-order valence-corrected chi connectivity index (χ0v) is 13.2. The highest BCUT2D eigenvalue weighted by Crippen LogP contribution is 2.03. The normalized spacial score (nSPS) is 10.4. The third-order valence-electron chi connectivity index (χ3n) is 3.23. The predicted molar refractivity (Wildman–Crippen MR) is 83.6 cm³/mol. The Bertz CT molecular complexity index is 398. The Balaban J connectivity index is 2.35. The number of carbonyl (C=O) groups is 1. The van der Waals surface area contributed by atoms with Gasteiger partial charge in [0.05, 0.1) is 13.2 Å². The fraction of sp³-hybridized carbons (Fsp3) is 0.562. The molecule has 0 aliphatic rings. The van der Waals surface area contributed by atoms with E-state index >= 15 is 0 Å². The number of benzene rings is 1. The Hall–Kier alpha value is -1.59. The number of amides is 2. The molecule has 1 rings (SSSR count). The first kappa shape index (κ1) is 17.5. The van der Waals surface area contributed by atoms with Crippen molar-refractivity contribution < 1.29 is 14.3 Å². The van der Waals surface area contributed by atoms with Gasteiger partial charge in [-0.25, -0.2) is 4.79 Å². The predicted octanol–water partition coefficient (Wildman–Crippen LogP) is 1.84. The molecule has 0 radical (unpaired) electrons. The van der Waals surface area contributed by atoms with Crippen molar-refractivity contribution in [1.82, 2.24) is 10.2 Å². The molecule has 0 aliphatic carbocycles. The molecule has 0 saturated carbocycles. The second-order valence-corrected chi connectivity index (χ2v) is 4.94. The lowest BCUT2D eigenvalue weighted by atomic mass is 10.1. The molecule has 0 atom stereocenters. The maximum atomic E-state index is 12.1. The maximum Gasteiger partial charge on any atom is 0.317 e. The van der Waals surface area contributed by atoms with E-state index in [0.29, 0.717) is 32.8 Å². The minimum absolute atomic E-state index is 0.0730. The lowest BCUT2D eigenvalue weighted by molar-refractivity contribution is 0.122. The van der Waals surface area contributed by atoms with Crippen molar-refractivity contribution >= 4 is 6.03 Å². The van der Waals surface area contributed by atoms with E-state index < -0.39 is 0 Å². The zero-order chi connectivity index (χ0) is 15.5. The number of aryl methyl sites for hydroxylation is 1. The number of nitrogens with one attached hydrogen (secondary N) is 1. The molecule has 5 nitrogen and oxygen atoms in total. The summed E-state index contributed by atoms with van der Waals surface area (Å²) in [6.07, 6.45) is 0.828. The molecular formula is C16H26N2O3. The molecule has 0 heterocycles. The molecule has 0 aliphatic heterocycles. The molecule has 0 aromatic heterocycles. The van der Waals surface area contributed by atoms with Gasteiger partial charge >= 0.3 is 6.03 Å². The maximum absolute atomic E-state index is 12.1. The molecule has 5 heteroatoms. The van der Waals surface area contributed by atoms with Crippen molar-refractivity contribution in [2.45, 2.75) is 13.3 Å². The number of hydrogen-bond donors (Lipinski definition) is 1. The third kappa shape index (κ3) is 7.11. The first-order valence-electron chi connectivity index (χ1n) is 7.23. The number of methoxy groups -OCH3 is 2. The van der Waals surface area contributed by atoms with E-state index in [1.54, 1.807) is 19.1 Å². The van der Waals surface area contributed by atoms with E-state index in [-0.39, 0.29) is 6.03 Å². The van der Waals surface area contributed by atoms with Crippen molar-refractivity contribution in [3.05, 3.63) is 35.4 Å². The van der Waals surface area contributed by atoms with Gasteiger partial charge in [0.15, 0.2) is 0 Å². The second-order valence-electron chi connectivity index (χ2n) is 4.94. The molecule has 0 spiro atoms. The van der Waals surface area contributed by atoms with E-state index in [1.807, 2.05) is 0 Å². The highest BCUT2D eigenvalue weighted by atomic mass is 16.5. The van der Waals surface area contributed by atoms with Crippen LogP contribution in [0.15, 0.2) is 24.3 Å². The average molecular weight is 294 g/mol. The fourth-order valence-electron chi connectivity index (χ4n) is 1.90. The summed E-state index contributed by atoms with van der Waals surface area (Å²) in [5.41, 5.74) is 2.47. The van der Waals surface area contributed by atoms with Crippen LogP contribution in [0, 0.1) is 6.92 Å². The van der Waals surface area contributed by atoms with Crippen molar-refractivity contribution in [3.63, 3.8) is 0 Å². The Morgan fingerprint density at radius 3 is 2.19 bits per heavy atom. The van der Waals surface area contributed by atoms with Gasteiger partial charge in [0.25, 0.3) is 0 Å². The van der Waals surface area contributed by atoms with Gasteiger partial charge in [-0.3, -0.25) is 0 Å². The summed E-state index contributed by atoms with van der Waals surface area (Å²) < 4.78 is 10.0. The van der Waals surface area contributed by atoms with Crippen molar-refractivity contribution in [2.75, 3.05) is 47.1 Å². The number of carbonyl (C=O) groups excluding carboxylic acids is 1. The number of urea groups is 1. The summed E-state index contributed by atoms with van der Waals surface area (Å²) >= 11 is 0. The van der Waals surface area contributed by atoms with Crippen LogP contribution in [0.25, 0.3) is 0 Å². The number of rotatable bonds is 9. The van der Waals surface area contributed by atoms with Crippen LogP contribution in [0.1, 0.15) is 11.1 Å². The van der Waals surface area contributed by atoms with Gasteiger partial charge in [0, 0.05) is 33.9 Å². The Labute approximate surface area is 127 Å². The quantitative estimate of drug-likeness (QED) is 0.756. The summed E-state index contributed by atoms with van der Waals surface area (Å²) in [7, 11) is 3.26. The highest BCUT2D eigenvalue weighted by molar-refractivity contribution is 5.74. The highest BCUT2D eigenvalue weighted by Gasteiger charge is 2.12. The Morgan fingerprint density at radius 2 is 1.67 bits per heavy atom. The molecule has 1 aromatic rings. The van der Waals surface area contributed by atoms with Gasteiger partial charge in [-0.15, -0.1) is 0 Å². The minimum Gasteiger partial charge on any atom is -0.383 e. The Kier molecular flexibility index (Phi) is 8.47. The molecule has 118 valence electrons. The number of hydrogen-bond acceptors (Lipinski definition) is 3. The van der Waals surface area contributed by atoms with Gasteiger partial charge in [-0.05, 0) is 18.9 Å². The van der Waals surface area contributed by atoms with Gasteiger partial charge in [0.2, 0.25) is 0 Å². The third-order valence-corrected chi connectivity index (χ3v) is 3.23. The van der Waals surface area contributed by atoms with Gasteiger partial charge in [0.1, 0.15) is 0 Å². The van der Waals surface area contributed by atoms with E-state index in [9.17, 15) is 4.79 Å². The van der Waals surface area contributed by atoms with Crippen LogP contribution in [0.4, 0.5) is 4.79 Å². The van der Waals surface area contributed by atoms with Crippen LogP contribution < -0.4 is 5.32 Å². The first-order chi connectivity index (χ1) is 10.2. The topological polar surface area (TPSA) is 50.8 Å². The summed E-state index contributed by atoms with van der Waals surface area (Å²) in [5.74, 6) is 0. The fourth-order valence-corrected chi connectivity index (χ4v) is 1.90. The van der Waals surface area contributed by atoms with Crippen LogP contribution in [0.5, 0.6) is 0 Å². The number of ether oxygens (including phenoxy) is 2. The van der Waals surface area contributed by atoms with Gasteiger partial charge in [-0.1, -0.05) is 29.8 Å². The lowest BCUT2D eigenvalue weighted by Gasteiger charge is -2.22. The molecule has 0 fully saturated rings. The van der Waals surface area contributed by atoms with Gasteiger partial charge in [-0.2, -0.15) is 0 Å². The second kappa shape index (κ2) is 10.2. The zero-order valence-electron chi connectivity index (χ0n) is 13.2. The molecule has 21 heavy (non-hydrogen) atoms. The molecule has 0 unspecified atom stereocenters. The molecule has 1 aromatic carbocycles. The monoisotopic (exact) mass is 294 g/mol. The number of nitrogens with zero attached hydrogens (tertiary/aromatic N) is 1. The first-order valence-corrected chi connectivity index (χ1v) is 7.23. The van der Waals surface area contributed by atoms with Crippen LogP contribution in [-0.4, -0.2) is 58.0 Å². The molecular weight excluding hydrogens is 268 g/mol. The van der Waals surface area contributed by atoms with Crippen LogP contribution in [0.2, 0.25) is 0 Å². The largest absolute Gasteiger partial charge is 0.383 e. The van der Waals surface area contributed by atoms with E-state index in [2.05, 4.69) is 36.5 Å². The SMILES string of the molecule is COCCN(CCOC)C(=O)NCCc1ccc(C)cc1. The smallest absolute Gasteiger partial charge is 0.317 e. The van der Waals surface area contributed by atoms with Gasteiger partial charge < -0.3 is 19.7 Å². The average Bonchev–Trinajstić information content (AvgIpc) is 2.49. The minimum atomic E-state index is -0.0730. The van der Waals surface area contributed by atoms with Crippen molar-refractivity contribution in [1.29, 1.82) is 0 Å². The molecule has 2 amide bonds. The van der Waals surface area contributed by atoms with Crippen LogP contribution in [0.3, 0.4) is 0 Å². The van der Waals surface area contributed by atoms with E-state index in [0.717, 1.165) is 6.42 Å². The Morgan fingerprint density at radius 1 is 1.10 bits per heavy atom. The van der Waals surface area contributed by atoms with E-state index in [4.69, 9.17) is 9.47 Å². The van der Waals surface area contributed by atoms with Crippen LogP contribution in [-0.2, 0) is 15.9 Å². The standard InChI is InChI=1S/C16H26N2O3/c1-14-4-6-15(7-5-14)8-9-17-16(19)18(10-12-20-2)11-13-21-3/h4-7H,8-13H2,1-3H3,(H,17,19). The summed E-state index contributed by atoms with van der Waals surface area (Å²) in [6, 6.07) is 8.28.